The van der Waals surface area contributed by atoms with Crippen molar-refractivity contribution in [2.45, 2.75) is 13.1 Å². The van der Waals surface area contributed by atoms with Crippen LogP contribution in [0.25, 0.3) is 11.3 Å². The Hall–Kier alpha value is -3.03. The summed E-state index contributed by atoms with van der Waals surface area (Å²) in [5.41, 5.74) is 1.06. The van der Waals surface area contributed by atoms with Crippen LogP contribution in [0.15, 0.2) is 57.6 Å². The molecule has 0 saturated heterocycles. The minimum Gasteiger partial charge on any atom is -0.468 e. The lowest BCUT2D eigenvalue weighted by atomic mass is 10.0. The number of carbonyl (C=O) groups is 2. The highest BCUT2D eigenvalue weighted by Crippen LogP contribution is 2.25. The lowest BCUT2D eigenvalue weighted by Crippen LogP contribution is -2.11. The third-order valence-corrected chi connectivity index (χ3v) is 3.90. The number of halogens is 1. The van der Waals surface area contributed by atoms with Crippen molar-refractivity contribution in [3.05, 3.63) is 71.4 Å². The zero-order valence-corrected chi connectivity index (χ0v) is 16.2. The molecule has 7 nitrogen and oxygen atoms in total. The highest BCUT2D eigenvalue weighted by atomic mass is 35.5. The van der Waals surface area contributed by atoms with Crippen molar-refractivity contribution in [3.8, 4) is 11.3 Å². The molecule has 0 spiro atoms. The molecular formula is C20H20ClNO6. The number of rotatable bonds is 7. The van der Waals surface area contributed by atoms with Crippen LogP contribution in [-0.2, 0) is 22.6 Å². The zero-order valence-electron chi connectivity index (χ0n) is 15.4. The molecule has 0 radical (unpaired) electrons. The van der Waals surface area contributed by atoms with Crippen LogP contribution < -0.4 is 5.32 Å². The first kappa shape index (κ1) is 21.3. The standard InChI is InChI=1S/C20H19NO6.ClH/c1-24-19(22)14-8-13(9-15(10-14)20(23)25-2)18-6-5-17(27-18)12-21-11-16-4-3-7-26-16;/h3-10,21H,11-12H2,1-2H3;1H. The Morgan fingerprint density at radius 1 is 0.929 bits per heavy atom. The van der Waals surface area contributed by atoms with Gasteiger partial charge < -0.3 is 23.6 Å². The summed E-state index contributed by atoms with van der Waals surface area (Å²) in [6.45, 7) is 1.08. The van der Waals surface area contributed by atoms with Crippen molar-refractivity contribution < 1.29 is 27.9 Å². The fraction of sp³-hybridized carbons (Fsp3) is 0.200. The summed E-state index contributed by atoms with van der Waals surface area (Å²) in [5.74, 6) is 0.971. The molecule has 2 aromatic heterocycles. The largest absolute Gasteiger partial charge is 0.468 e. The number of nitrogens with one attached hydrogen (secondary N) is 1. The van der Waals surface area contributed by atoms with Crippen LogP contribution in [0.2, 0.25) is 0 Å². The molecule has 28 heavy (non-hydrogen) atoms. The number of ether oxygens (including phenoxy) is 2. The minimum atomic E-state index is -0.547. The van der Waals surface area contributed by atoms with E-state index in [0.29, 0.717) is 30.2 Å². The van der Waals surface area contributed by atoms with Crippen LogP contribution in [0, 0.1) is 0 Å². The molecule has 0 amide bonds. The molecule has 1 N–H and O–H groups in total. The molecule has 0 aliphatic carbocycles. The van der Waals surface area contributed by atoms with Crippen LogP contribution in [-0.4, -0.2) is 26.2 Å². The number of furan rings is 2. The van der Waals surface area contributed by atoms with Crippen molar-refractivity contribution >= 4 is 24.3 Å². The van der Waals surface area contributed by atoms with Crippen LogP contribution in [0.4, 0.5) is 0 Å². The SMILES string of the molecule is COC(=O)c1cc(C(=O)OC)cc(-c2ccc(CNCc3ccco3)o2)c1.Cl. The third kappa shape index (κ3) is 5.03. The van der Waals surface area contributed by atoms with Gasteiger partial charge in [-0.05, 0) is 42.5 Å². The fourth-order valence-electron chi connectivity index (χ4n) is 2.59. The van der Waals surface area contributed by atoms with Gasteiger partial charge in [-0.2, -0.15) is 0 Å². The molecule has 3 aromatic rings. The molecule has 0 bridgehead atoms. The summed E-state index contributed by atoms with van der Waals surface area (Å²) in [4.78, 5) is 23.8. The molecule has 0 atom stereocenters. The molecule has 1 aromatic carbocycles. The van der Waals surface area contributed by atoms with Gasteiger partial charge in [0.2, 0.25) is 0 Å². The van der Waals surface area contributed by atoms with Gasteiger partial charge in [0.25, 0.3) is 0 Å². The van der Waals surface area contributed by atoms with E-state index in [1.54, 1.807) is 24.5 Å². The smallest absolute Gasteiger partial charge is 0.337 e. The van der Waals surface area contributed by atoms with Crippen LogP contribution >= 0.6 is 12.4 Å². The van der Waals surface area contributed by atoms with Crippen LogP contribution in [0.1, 0.15) is 32.2 Å². The quantitative estimate of drug-likeness (QED) is 0.597. The van der Waals surface area contributed by atoms with E-state index in [-0.39, 0.29) is 23.5 Å². The molecule has 0 saturated carbocycles. The third-order valence-electron chi connectivity index (χ3n) is 3.90. The second-order valence-electron chi connectivity index (χ2n) is 5.73. The summed E-state index contributed by atoms with van der Waals surface area (Å²) >= 11 is 0. The summed E-state index contributed by atoms with van der Waals surface area (Å²) in [6, 6.07) is 12.0. The van der Waals surface area contributed by atoms with Crippen molar-refractivity contribution in [2.75, 3.05) is 14.2 Å². The predicted octanol–water partition coefficient (Wildman–Crippen LogP) is 3.82. The highest BCUT2D eigenvalue weighted by Gasteiger charge is 2.16. The Morgan fingerprint density at radius 3 is 2.14 bits per heavy atom. The first-order valence-corrected chi connectivity index (χ1v) is 8.24. The Morgan fingerprint density at radius 2 is 1.57 bits per heavy atom. The molecule has 0 fully saturated rings. The fourth-order valence-corrected chi connectivity index (χ4v) is 2.59. The number of methoxy groups -OCH3 is 2. The molecule has 148 valence electrons. The molecule has 2 heterocycles. The average Bonchev–Trinajstić information content (AvgIpc) is 3.38. The second kappa shape index (κ2) is 9.77. The number of hydrogen-bond donors (Lipinski definition) is 1. The number of esters is 2. The highest BCUT2D eigenvalue weighted by molar-refractivity contribution is 5.97. The van der Waals surface area contributed by atoms with Crippen molar-refractivity contribution in [3.63, 3.8) is 0 Å². The van der Waals surface area contributed by atoms with E-state index in [9.17, 15) is 9.59 Å². The monoisotopic (exact) mass is 405 g/mol. The summed E-state index contributed by atoms with van der Waals surface area (Å²) in [7, 11) is 2.56. The van der Waals surface area contributed by atoms with Gasteiger partial charge in [-0.3, -0.25) is 0 Å². The Kier molecular flexibility index (Phi) is 7.43. The summed E-state index contributed by atoms with van der Waals surface area (Å²) < 4.78 is 20.6. The number of hydrogen-bond acceptors (Lipinski definition) is 7. The van der Waals surface area contributed by atoms with E-state index >= 15 is 0 Å². The van der Waals surface area contributed by atoms with Gasteiger partial charge in [0, 0.05) is 5.56 Å². The van der Waals surface area contributed by atoms with E-state index in [1.807, 2.05) is 18.2 Å². The van der Waals surface area contributed by atoms with Crippen molar-refractivity contribution in [1.29, 1.82) is 0 Å². The van der Waals surface area contributed by atoms with Gasteiger partial charge in [0.15, 0.2) is 0 Å². The lowest BCUT2D eigenvalue weighted by Gasteiger charge is -2.06. The van der Waals surface area contributed by atoms with Gasteiger partial charge in [0.1, 0.15) is 17.3 Å². The maximum absolute atomic E-state index is 11.9. The van der Waals surface area contributed by atoms with Crippen LogP contribution in [0.3, 0.4) is 0 Å². The van der Waals surface area contributed by atoms with E-state index in [1.165, 1.54) is 20.3 Å². The van der Waals surface area contributed by atoms with Gasteiger partial charge >= 0.3 is 11.9 Å². The van der Waals surface area contributed by atoms with E-state index in [4.69, 9.17) is 18.3 Å². The van der Waals surface area contributed by atoms with Gasteiger partial charge in [0.05, 0.1) is 44.7 Å². The van der Waals surface area contributed by atoms with Gasteiger partial charge in [-0.25, -0.2) is 9.59 Å². The molecule has 0 aliphatic heterocycles. The second-order valence-corrected chi connectivity index (χ2v) is 5.73. The first-order chi connectivity index (χ1) is 13.1. The zero-order chi connectivity index (χ0) is 19.2. The Bertz CT molecular complexity index is 898. The molecule has 8 heteroatoms. The normalized spacial score (nSPS) is 10.2. The maximum atomic E-state index is 11.9. The van der Waals surface area contributed by atoms with Crippen molar-refractivity contribution in [1.82, 2.24) is 5.32 Å². The van der Waals surface area contributed by atoms with Gasteiger partial charge in [-0.15, -0.1) is 12.4 Å². The summed E-state index contributed by atoms with van der Waals surface area (Å²) in [6.07, 6.45) is 1.62. The van der Waals surface area contributed by atoms with Gasteiger partial charge in [-0.1, -0.05) is 0 Å². The van der Waals surface area contributed by atoms with Crippen LogP contribution in [0.5, 0.6) is 0 Å². The van der Waals surface area contributed by atoms with Crippen molar-refractivity contribution in [2.24, 2.45) is 0 Å². The number of benzene rings is 1. The average molecular weight is 406 g/mol. The topological polar surface area (TPSA) is 90.9 Å². The predicted molar refractivity (Wildman–Crippen MR) is 103 cm³/mol. The maximum Gasteiger partial charge on any atom is 0.337 e. The van der Waals surface area contributed by atoms with E-state index in [2.05, 4.69) is 5.32 Å². The first-order valence-electron chi connectivity index (χ1n) is 8.24. The van der Waals surface area contributed by atoms with E-state index < -0.39 is 11.9 Å². The molecule has 0 aliphatic rings. The lowest BCUT2D eigenvalue weighted by molar-refractivity contribution is 0.0599. The Balaban J connectivity index is 0.00000280. The van der Waals surface area contributed by atoms with E-state index in [0.717, 1.165) is 5.76 Å². The minimum absolute atomic E-state index is 0. The molecule has 0 unspecified atom stereocenters. The molecule has 3 rings (SSSR count). The molecular weight excluding hydrogens is 386 g/mol. The number of carbonyl (C=O) groups excluding carboxylic acids is 2. The summed E-state index contributed by atoms with van der Waals surface area (Å²) in [5, 5.41) is 3.21. The Labute approximate surface area is 168 Å².